The zero-order valence-electron chi connectivity index (χ0n) is 9.74. The zero-order chi connectivity index (χ0) is 13.1. The fourth-order valence-electron chi connectivity index (χ4n) is 1.52. The molecule has 0 aliphatic rings. The summed E-state index contributed by atoms with van der Waals surface area (Å²) in [4.78, 5) is 12.5. The molecule has 0 aliphatic heterocycles. The maximum atomic E-state index is 12.0. The lowest BCUT2D eigenvalue weighted by atomic mass is 10.3. The molecule has 19 heavy (non-hydrogen) atoms. The minimum absolute atomic E-state index is 0.0131. The van der Waals surface area contributed by atoms with Gasteiger partial charge in [0.2, 0.25) is 0 Å². The van der Waals surface area contributed by atoms with Crippen molar-refractivity contribution in [2.75, 3.05) is 5.32 Å². The van der Waals surface area contributed by atoms with Crippen LogP contribution in [0.1, 0.15) is 15.6 Å². The Morgan fingerprint density at radius 2 is 1.95 bits per heavy atom. The lowest BCUT2D eigenvalue weighted by molar-refractivity contribution is 0.101. The molecule has 0 saturated carbocycles. The van der Waals surface area contributed by atoms with E-state index in [1.807, 2.05) is 35.7 Å². The van der Waals surface area contributed by atoms with Crippen LogP contribution in [0, 0.1) is 0 Å². The average Bonchev–Trinajstić information content (AvgIpc) is 3.10. The molecule has 0 unspecified atom stereocenters. The number of nitrogens with zero attached hydrogens (tertiary/aromatic N) is 2. The van der Waals surface area contributed by atoms with Gasteiger partial charge in [0, 0.05) is 5.69 Å². The molecule has 1 aromatic carbocycles. The van der Waals surface area contributed by atoms with Crippen LogP contribution in [0.5, 0.6) is 0 Å². The molecule has 2 aromatic heterocycles. The van der Waals surface area contributed by atoms with Gasteiger partial charge < -0.3 is 9.73 Å². The molecule has 0 bridgehead atoms. The van der Waals surface area contributed by atoms with Crippen molar-refractivity contribution in [3.63, 3.8) is 0 Å². The number of aromatic nitrogens is 2. The van der Waals surface area contributed by atoms with Gasteiger partial charge in [-0.15, -0.1) is 16.4 Å². The molecular formula is C13H9N3O2S. The number of ketones is 1. The van der Waals surface area contributed by atoms with Crippen molar-refractivity contribution >= 4 is 28.8 Å². The van der Waals surface area contributed by atoms with E-state index in [2.05, 4.69) is 15.5 Å². The Kier molecular flexibility index (Phi) is 3.07. The summed E-state index contributed by atoms with van der Waals surface area (Å²) < 4.78 is 5.30. The molecule has 0 fully saturated rings. The van der Waals surface area contributed by atoms with E-state index in [0.717, 1.165) is 5.69 Å². The number of carbonyl (C=O) groups excluding carboxylic acids is 1. The molecule has 5 nitrogen and oxygen atoms in total. The minimum atomic E-state index is -0.261. The second-order valence-corrected chi connectivity index (χ2v) is 4.66. The van der Waals surface area contributed by atoms with E-state index < -0.39 is 0 Å². The molecule has 1 N–H and O–H groups in total. The Bertz CT molecular complexity index is 677. The third-order valence-corrected chi connectivity index (χ3v) is 3.26. The number of para-hydroxylation sites is 1. The van der Waals surface area contributed by atoms with E-state index in [-0.39, 0.29) is 17.7 Å². The van der Waals surface area contributed by atoms with Gasteiger partial charge >= 0.3 is 6.01 Å². The summed E-state index contributed by atoms with van der Waals surface area (Å²) in [5.41, 5.74) is 0.821. The fraction of sp³-hybridized carbons (Fsp3) is 0. The lowest BCUT2D eigenvalue weighted by Gasteiger charge is -1.98. The van der Waals surface area contributed by atoms with Gasteiger partial charge in [-0.2, -0.15) is 0 Å². The number of hydrogen-bond donors (Lipinski definition) is 1. The Balaban J connectivity index is 1.78. The number of carbonyl (C=O) groups is 1. The zero-order valence-corrected chi connectivity index (χ0v) is 10.6. The molecule has 0 aliphatic carbocycles. The van der Waals surface area contributed by atoms with Crippen LogP contribution in [-0.2, 0) is 0 Å². The Morgan fingerprint density at radius 3 is 2.68 bits per heavy atom. The number of nitrogens with one attached hydrogen (secondary N) is 1. The highest BCUT2D eigenvalue weighted by Crippen LogP contribution is 2.18. The second-order valence-electron chi connectivity index (χ2n) is 3.71. The SMILES string of the molecule is O=C(c1nnc(Nc2ccccc2)o1)c1cccs1. The van der Waals surface area contributed by atoms with Gasteiger partial charge in [0.1, 0.15) is 0 Å². The molecule has 3 aromatic rings. The Morgan fingerprint density at radius 1 is 1.11 bits per heavy atom. The highest BCUT2D eigenvalue weighted by molar-refractivity contribution is 7.12. The molecule has 2 heterocycles. The molecule has 6 heteroatoms. The number of benzene rings is 1. The van der Waals surface area contributed by atoms with Crippen LogP contribution in [0.3, 0.4) is 0 Å². The van der Waals surface area contributed by atoms with Crippen LogP contribution in [0.4, 0.5) is 11.7 Å². The molecule has 0 spiro atoms. The normalized spacial score (nSPS) is 10.3. The van der Waals surface area contributed by atoms with Crippen molar-refractivity contribution in [3.8, 4) is 0 Å². The third-order valence-electron chi connectivity index (χ3n) is 2.39. The first kappa shape index (κ1) is 11.6. The van der Waals surface area contributed by atoms with Crippen molar-refractivity contribution in [1.29, 1.82) is 0 Å². The van der Waals surface area contributed by atoms with E-state index >= 15 is 0 Å². The lowest BCUT2D eigenvalue weighted by Crippen LogP contribution is -1.98. The number of anilines is 2. The van der Waals surface area contributed by atoms with Crippen LogP contribution in [-0.4, -0.2) is 16.0 Å². The molecule has 0 amide bonds. The van der Waals surface area contributed by atoms with Gasteiger partial charge in [0.15, 0.2) is 0 Å². The van der Waals surface area contributed by atoms with Crippen LogP contribution in [0.15, 0.2) is 52.3 Å². The average molecular weight is 271 g/mol. The maximum absolute atomic E-state index is 12.0. The Labute approximate surface area is 112 Å². The highest BCUT2D eigenvalue weighted by atomic mass is 32.1. The highest BCUT2D eigenvalue weighted by Gasteiger charge is 2.17. The van der Waals surface area contributed by atoms with Crippen molar-refractivity contribution in [3.05, 3.63) is 58.6 Å². The standard InChI is InChI=1S/C13H9N3O2S/c17-11(10-7-4-8-19-10)12-15-16-13(18-12)14-9-5-2-1-3-6-9/h1-8H,(H,14,16). The number of rotatable bonds is 4. The summed E-state index contributed by atoms with van der Waals surface area (Å²) in [6.45, 7) is 0. The topological polar surface area (TPSA) is 68.0 Å². The predicted molar refractivity (Wildman–Crippen MR) is 71.8 cm³/mol. The van der Waals surface area contributed by atoms with Gasteiger partial charge in [-0.25, -0.2) is 0 Å². The summed E-state index contributed by atoms with van der Waals surface area (Å²) in [6, 6.07) is 13.1. The number of thiophene rings is 1. The van der Waals surface area contributed by atoms with E-state index in [1.165, 1.54) is 11.3 Å². The predicted octanol–water partition coefficient (Wildman–Crippen LogP) is 3.11. The van der Waals surface area contributed by atoms with Crippen molar-refractivity contribution < 1.29 is 9.21 Å². The fourth-order valence-corrected chi connectivity index (χ4v) is 2.18. The molecule has 94 valence electrons. The van der Waals surface area contributed by atoms with Crippen LogP contribution in [0.2, 0.25) is 0 Å². The summed E-state index contributed by atoms with van der Waals surface area (Å²) >= 11 is 1.34. The van der Waals surface area contributed by atoms with E-state index in [4.69, 9.17) is 4.42 Å². The largest absolute Gasteiger partial charge is 0.400 e. The van der Waals surface area contributed by atoms with E-state index in [0.29, 0.717) is 4.88 Å². The minimum Gasteiger partial charge on any atom is -0.400 e. The van der Waals surface area contributed by atoms with Crippen LogP contribution >= 0.6 is 11.3 Å². The first-order valence-corrected chi connectivity index (χ1v) is 6.45. The quantitative estimate of drug-likeness (QED) is 0.738. The second kappa shape index (κ2) is 5.03. The van der Waals surface area contributed by atoms with Gasteiger partial charge in [-0.1, -0.05) is 29.4 Å². The van der Waals surface area contributed by atoms with E-state index in [1.54, 1.807) is 12.1 Å². The summed E-state index contributed by atoms with van der Waals surface area (Å²) in [5, 5.41) is 12.3. The Hall–Kier alpha value is -2.47. The first-order valence-electron chi connectivity index (χ1n) is 5.57. The smallest absolute Gasteiger partial charge is 0.320 e. The molecule has 0 radical (unpaired) electrons. The first-order chi connectivity index (χ1) is 9.33. The molecule has 0 saturated heterocycles. The molecule has 0 atom stereocenters. The van der Waals surface area contributed by atoms with Gasteiger partial charge in [-0.3, -0.25) is 4.79 Å². The number of hydrogen-bond acceptors (Lipinski definition) is 6. The summed E-state index contributed by atoms with van der Waals surface area (Å²) in [6.07, 6.45) is 0. The van der Waals surface area contributed by atoms with Crippen LogP contribution in [0.25, 0.3) is 0 Å². The summed E-state index contributed by atoms with van der Waals surface area (Å²) in [7, 11) is 0. The van der Waals surface area contributed by atoms with Gasteiger partial charge in [0.05, 0.1) is 4.88 Å². The maximum Gasteiger partial charge on any atom is 0.320 e. The van der Waals surface area contributed by atoms with Gasteiger partial charge in [-0.05, 0) is 23.6 Å². The van der Waals surface area contributed by atoms with Crippen LogP contribution < -0.4 is 5.32 Å². The van der Waals surface area contributed by atoms with Crippen molar-refractivity contribution in [2.24, 2.45) is 0 Å². The molecule has 3 rings (SSSR count). The molecular weight excluding hydrogens is 262 g/mol. The summed E-state index contributed by atoms with van der Waals surface area (Å²) in [5.74, 6) is -0.274. The monoisotopic (exact) mass is 271 g/mol. The third kappa shape index (κ3) is 2.53. The van der Waals surface area contributed by atoms with E-state index in [9.17, 15) is 4.79 Å². The van der Waals surface area contributed by atoms with Gasteiger partial charge in [0.25, 0.3) is 11.7 Å². The van der Waals surface area contributed by atoms with Crippen molar-refractivity contribution in [1.82, 2.24) is 10.2 Å². The van der Waals surface area contributed by atoms with Crippen molar-refractivity contribution in [2.45, 2.75) is 0 Å².